The van der Waals surface area contributed by atoms with Crippen LogP contribution >= 0.6 is 11.8 Å². The first-order valence-corrected chi connectivity index (χ1v) is 11.5. The maximum absolute atomic E-state index is 13.3. The van der Waals surface area contributed by atoms with Gasteiger partial charge in [-0.3, -0.25) is 14.2 Å². The molecular weight excluding hydrogens is 370 g/mol. The molecule has 0 spiro atoms. The van der Waals surface area contributed by atoms with Gasteiger partial charge in [-0.25, -0.2) is 0 Å². The van der Waals surface area contributed by atoms with E-state index in [4.69, 9.17) is 0 Å². The molecule has 4 aliphatic carbocycles. The molecule has 1 aromatic rings. The Morgan fingerprint density at radius 3 is 2.04 bits per heavy atom. The van der Waals surface area contributed by atoms with Crippen molar-refractivity contribution in [2.75, 3.05) is 0 Å². The first-order chi connectivity index (χ1) is 13.0. The molecule has 0 saturated heterocycles. The van der Waals surface area contributed by atoms with Crippen molar-refractivity contribution < 1.29 is 9.59 Å². The maximum atomic E-state index is 13.3. The number of carbonyl (C=O) groups excluding carboxylic acids is 2. The van der Waals surface area contributed by atoms with Crippen LogP contribution < -0.4 is 0 Å². The second kappa shape index (κ2) is 5.30. The van der Waals surface area contributed by atoms with Crippen LogP contribution in [0.3, 0.4) is 0 Å². The molecule has 4 saturated carbocycles. The van der Waals surface area contributed by atoms with Crippen molar-refractivity contribution in [2.45, 2.75) is 83.7 Å². The fourth-order valence-electron chi connectivity index (χ4n) is 7.24. The number of carbonyl (C=O) groups is 2. The lowest BCUT2D eigenvalue weighted by atomic mass is 9.69. The second-order valence-electron chi connectivity index (χ2n) is 11.2. The molecule has 5 rings (SSSR count). The van der Waals surface area contributed by atoms with Crippen molar-refractivity contribution in [3.8, 4) is 0 Å². The average molecular weight is 402 g/mol. The van der Waals surface area contributed by atoms with Crippen molar-refractivity contribution in [3.05, 3.63) is 6.33 Å². The van der Waals surface area contributed by atoms with Crippen LogP contribution in [0.15, 0.2) is 11.5 Å². The van der Waals surface area contributed by atoms with Gasteiger partial charge in [0.2, 0.25) is 0 Å². The van der Waals surface area contributed by atoms with Gasteiger partial charge in [0.15, 0.2) is 10.9 Å². The fraction of sp³-hybridized carbons (Fsp3) is 0.818. The highest BCUT2D eigenvalue weighted by Gasteiger charge is 2.68. The third-order valence-corrected chi connectivity index (χ3v) is 11.5. The summed E-state index contributed by atoms with van der Waals surface area (Å²) in [4.78, 5) is 26.4. The predicted molar refractivity (Wildman–Crippen MR) is 108 cm³/mol. The van der Waals surface area contributed by atoms with Crippen molar-refractivity contribution >= 4 is 23.3 Å². The van der Waals surface area contributed by atoms with Gasteiger partial charge in [-0.15, -0.1) is 10.2 Å². The fourth-order valence-corrected chi connectivity index (χ4v) is 8.78. The molecular formula is C22H31N3O2S. The van der Waals surface area contributed by atoms with E-state index in [0.29, 0.717) is 11.6 Å². The zero-order valence-corrected chi connectivity index (χ0v) is 18.6. The third-order valence-electron chi connectivity index (χ3n) is 10.0. The van der Waals surface area contributed by atoms with Crippen LogP contribution in [0.4, 0.5) is 0 Å². The molecule has 0 unspecified atom stereocenters. The van der Waals surface area contributed by atoms with Crippen LogP contribution in [0.5, 0.6) is 0 Å². The molecule has 152 valence electrons. The monoisotopic (exact) mass is 401 g/mol. The number of hydrogen-bond donors (Lipinski definition) is 0. The highest BCUT2D eigenvalue weighted by Crippen LogP contribution is 2.69. The molecule has 28 heavy (non-hydrogen) atoms. The third kappa shape index (κ3) is 1.87. The average Bonchev–Trinajstić information content (AvgIpc) is 3.27. The van der Waals surface area contributed by atoms with E-state index >= 15 is 0 Å². The number of nitrogens with zero attached hydrogens (tertiary/aromatic N) is 3. The van der Waals surface area contributed by atoms with Crippen LogP contribution in [0.2, 0.25) is 0 Å². The number of aromatic nitrogens is 3. The summed E-state index contributed by atoms with van der Waals surface area (Å²) >= 11 is 1.56. The first-order valence-electron chi connectivity index (χ1n) is 10.6. The standard InChI is InChI=1S/C22H31N3O2S/c1-19(2)12-7-9-21(19,5)16(14(12)26)25-11-23-24-18(25)28-17-15(27)13-8-10-22(17,6)20(13,3)4/h11-13,16-17H,7-10H2,1-6H3/t12-,13+,16+,17+,21-,22+/m1/s1. The number of thioether (sulfide) groups is 1. The first kappa shape index (κ1) is 18.8. The van der Waals surface area contributed by atoms with Gasteiger partial charge in [0.05, 0.1) is 5.25 Å². The Balaban J connectivity index is 1.51. The summed E-state index contributed by atoms with van der Waals surface area (Å²) in [6.07, 6.45) is 5.84. The van der Waals surface area contributed by atoms with Gasteiger partial charge in [-0.05, 0) is 41.9 Å². The molecule has 0 N–H and O–H groups in total. The molecule has 6 atom stereocenters. The van der Waals surface area contributed by atoms with E-state index in [2.05, 4.69) is 51.7 Å². The van der Waals surface area contributed by atoms with E-state index in [0.717, 1.165) is 30.8 Å². The smallest absolute Gasteiger partial charge is 0.192 e. The Hall–Kier alpha value is -1.17. The van der Waals surface area contributed by atoms with E-state index in [9.17, 15) is 9.59 Å². The van der Waals surface area contributed by atoms with Crippen molar-refractivity contribution in [3.63, 3.8) is 0 Å². The maximum Gasteiger partial charge on any atom is 0.192 e. The van der Waals surface area contributed by atoms with Crippen LogP contribution in [0.1, 0.15) is 73.3 Å². The Kier molecular flexibility index (Phi) is 3.56. The second-order valence-corrected chi connectivity index (χ2v) is 12.3. The number of rotatable bonds is 3. The molecule has 0 aliphatic heterocycles. The van der Waals surface area contributed by atoms with Crippen LogP contribution in [0, 0.1) is 33.5 Å². The van der Waals surface area contributed by atoms with Gasteiger partial charge in [-0.1, -0.05) is 53.3 Å². The minimum absolute atomic E-state index is 0.0167. The Labute approximate surface area is 171 Å². The lowest BCUT2D eigenvalue weighted by Gasteiger charge is -2.39. The summed E-state index contributed by atoms with van der Waals surface area (Å²) in [5.74, 6) is 0.950. The lowest BCUT2D eigenvalue weighted by Crippen LogP contribution is -2.37. The molecule has 6 heteroatoms. The van der Waals surface area contributed by atoms with Crippen molar-refractivity contribution in [2.24, 2.45) is 33.5 Å². The molecule has 0 radical (unpaired) electrons. The zero-order chi connectivity index (χ0) is 20.3. The molecule has 4 fully saturated rings. The van der Waals surface area contributed by atoms with Gasteiger partial charge in [0.25, 0.3) is 0 Å². The largest absolute Gasteiger partial charge is 0.298 e. The van der Waals surface area contributed by atoms with Gasteiger partial charge >= 0.3 is 0 Å². The topological polar surface area (TPSA) is 64.8 Å². The molecule has 4 aliphatic rings. The SMILES string of the molecule is CC1(C)[C@H]2CC[C@@]1(C)[C@@H](Sc1nncn1[C@H]1C(=O)[C@H]3CC[C@@]1(C)C3(C)C)C2=O. The Morgan fingerprint density at radius 1 is 0.929 bits per heavy atom. The van der Waals surface area contributed by atoms with E-state index in [1.165, 1.54) is 0 Å². The molecule has 4 bridgehead atoms. The van der Waals surface area contributed by atoms with E-state index in [1.54, 1.807) is 18.1 Å². The van der Waals surface area contributed by atoms with Gasteiger partial charge in [0, 0.05) is 17.3 Å². The van der Waals surface area contributed by atoms with Crippen molar-refractivity contribution in [1.29, 1.82) is 0 Å². The molecule has 0 amide bonds. The number of fused-ring (bicyclic) bond motifs is 4. The lowest BCUT2D eigenvalue weighted by molar-refractivity contribution is -0.126. The summed E-state index contributed by atoms with van der Waals surface area (Å²) in [7, 11) is 0. The Morgan fingerprint density at radius 2 is 1.50 bits per heavy atom. The highest BCUT2D eigenvalue weighted by molar-refractivity contribution is 8.00. The minimum Gasteiger partial charge on any atom is -0.298 e. The molecule has 1 heterocycles. The van der Waals surface area contributed by atoms with Gasteiger partial charge < -0.3 is 0 Å². The van der Waals surface area contributed by atoms with Crippen molar-refractivity contribution in [1.82, 2.24) is 14.8 Å². The van der Waals surface area contributed by atoms with E-state index in [-0.39, 0.29) is 44.8 Å². The van der Waals surface area contributed by atoms with Gasteiger partial charge in [-0.2, -0.15) is 0 Å². The predicted octanol–water partition coefficient (Wildman–Crippen LogP) is 4.33. The minimum atomic E-state index is -0.215. The van der Waals surface area contributed by atoms with Crippen LogP contribution in [-0.4, -0.2) is 31.6 Å². The summed E-state index contributed by atoms with van der Waals surface area (Å²) in [5.41, 5.74) is -0.119. The number of ketones is 2. The zero-order valence-electron chi connectivity index (χ0n) is 17.8. The highest BCUT2D eigenvalue weighted by atomic mass is 32.2. The summed E-state index contributed by atoms with van der Waals surface area (Å²) in [6.45, 7) is 13.5. The summed E-state index contributed by atoms with van der Waals surface area (Å²) in [6, 6.07) is -0.215. The quantitative estimate of drug-likeness (QED) is 0.754. The van der Waals surface area contributed by atoms with Crippen LogP contribution in [0.25, 0.3) is 0 Å². The van der Waals surface area contributed by atoms with E-state index in [1.807, 2.05) is 4.57 Å². The molecule has 5 nitrogen and oxygen atoms in total. The number of hydrogen-bond acceptors (Lipinski definition) is 5. The Bertz CT molecular complexity index is 890. The summed E-state index contributed by atoms with van der Waals surface area (Å²) < 4.78 is 2.00. The number of Topliss-reactive ketones (excluding diaryl/α,β-unsaturated/α-hetero) is 2. The molecule has 0 aromatic carbocycles. The van der Waals surface area contributed by atoms with E-state index < -0.39 is 0 Å². The molecule has 1 aromatic heterocycles. The summed E-state index contributed by atoms with van der Waals surface area (Å²) in [5, 5.41) is 9.21. The van der Waals surface area contributed by atoms with Crippen LogP contribution in [-0.2, 0) is 9.59 Å². The normalized spacial score (nSPS) is 45.4. The van der Waals surface area contributed by atoms with Gasteiger partial charge in [0.1, 0.15) is 18.2 Å².